The lowest BCUT2D eigenvalue weighted by atomic mass is 10.1. The van der Waals surface area contributed by atoms with Gasteiger partial charge < -0.3 is 20.9 Å². The van der Waals surface area contributed by atoms with Crippen LogP contribution in [-0.4, -0.2) is 30.0 Å². The van der Waals surface area contributed by atoms with E-state index in [1.807, 2.05) is 0 Å². The molecule has 1 aromatic carbocycles. The first kappa shape index (κ1) is 15.8. The van der Waals surface area contributed by atoms with Crippen LogP contribution in [0.15, 0.2) is 18.2 Å². The molecule has 118 valence electrons. The maximum Gasteiger partial charge on any atom is 0.307 e. The van der Waals surface area contributed by atoms with Crippen molar-refractivity contribution >= 4 is 23.5 Å². The molecule has 1 fully saturated rings. The minimum atomic E-state index is -0.997. The van der Waals surface area contributed by atoms with Gasteiger partial charge in [-0.25, -0.2) is 0 Å². The van der Waals surface area contributed by atoms with Crippen molar-refractivity contribution in [2.75, 3.05) is 12.4 Å². The second-order valence-electron chi connectivity index (χ2n) is 5.88. The Bertz CT molecular complexity index is 653. The first-order valence-corrected chi connectivity index (χ1v) is 6.71. The number of nitrogens with one attached hydrogen (secondary N) is 1. The second kappa shape index (κ2) is 5.32. The molecule has 1 aliphatic carbocycles. The minimum Gasteiger partial charge on any atom is -0.495 e. The summed E-state index contributed by atoms with van der Waals surface area (Å²) < 4.78 is 5.12. The van der Waals surface area contributed by atoms with Gasteiger partial charge in [0.1, 0.15) is 5.75 Å². The lowest BCUT2D eigenvalue weighted by molar-refractivity contribution is -0.140. The van der Waals surface area contributed by atoms with Crippen molar-refractivity contribution in [2.45, 2.75) is 13.8 Å². The highest BCUT2D eigenvalue weighted by molar-refractivity contribution is 6.02. The molecule has 0 heterocycles. The van der Waals surface area contributed by atoms with Crippen molar-refractivity contribution < 1.29 is 24.2 Å². The molecule has 0 saturated heterocycles. The third-order valence-electron chi connectivity index (χ3n) is 4.12. The van der Waals surface area contributed by atoms with Crippen LogP contribution >= 0.6 is 0 Å². The predicted molar refractivity (Wildman–Crippen MR) is 78.5 cm³/mol. The fourth-order valence-electron chi connectivity index (χ4n) is 2.76. The Balaban J connectivity index is 2.24. The summed E-state index contributed by atoms with van der Waals surface area (Å²) in [6, 6.07) is 4.41. The SMILES string of the molecule is COc1ccc(C(N)=O)cc1NC(=O)[C@H]1[C@H](C(=O)O)C1(C)C. The molecule has 1 aromatic rings. The number of hydrogen-bond donors (Lipinski definition) is 3. The van der Waals surface area contributed by atoms with Gasteiger partial charge in [0.25, 0.3) is 0 Å². The van der Waals surface area contributed by atoms with Gasteiger partial charge >= 0.3 is 5.97 Å². The highest BCUT2D eigenvalue weighted by Gasteiger charge is 2.65. The second-order valence-corrected chi connectivity index (χ2v) is 5.88. The number of amides is 2. The number of nitrogens with two attached hydrogens (primary N) is 1. The number of hydrogen-bond acceptors (Lipinski definition) is 4. The van der Waals surface area contributed by atoms with E-state index < -0.39 is 35.0 Å². The third-order valence-corrected chi connectivity index (χ3v) is 4.12. The van der Waals surface area contributed by atoms with Crippen LogP contribution in [0, 0.1) is 17.3 Å². The van der Waals surface area contributed by atoms with Gasteiger partial charge in [0, 0.05) is 5.56 Å². The van der Waals surface area contributed by atoms with Gasteiger partial charge in [0.05, 0.1) is 24.6 Å². The van der Waals surface area contributed by atoms with E-state index in [9.17, 15) is 14.4 Å². The molecule has 22 heavy (non-hydrogen) atoms. The zero-order valence-electron chi connectivity index (χ0n) is 12.5. The van der Waals surface area contributed by atoms with Gasteiger partial charge in [-0.05, 0) is 23.6 Å². The van der Waals surface area contributed by atoms with Gasteiger partial charge in [0.2, 0.25) is 11.8 Å². The van der Waals surface area contributed by atoms with E-state index in [1.165, 1.54) is 25.3 Å². The molecular formula is C15H18N2O5. The first-order chi connectivity index (χ1) is 10.2. The summed E-state index contributed by atoms with van der Waals surface area (Å²) in [5, 5.41) is 11.8. The van der Waals surface area contributed by atoms with E-state index in [2.05, 4.69) is 5.32 Å². The third kappa shape index (κ3) is 2.61. The van der Waals surface area contributed by atoms with E-state index in [0.29, 0.717) is 5.75 Å². The standard InChI is InChI=1S/C15H18N2O5/c1-15(2)10(11(15)14(20)21)13(19)17-8-6-7(12(16)18)4-5-9(8)22-3/h4-6,10-11H,1-3H3,(H2,16,18)(H,17,19)(H,20,21)/t10-,11-/m1/s1. The van der Waals surface area contributed by atoms with Crippen LogP contribution < -0.4 is 15.8 Å². The number of ether oxygens (including phenoxy) is 1. The van der Waals surface area contributed by atoms with Crippen LogP contribution in [0.4, 0.5) is 5.69 Å². The lowest BCUT2D eigenvalue weighted by Gasteiger charge is -2.11. The maximum absolute atomic E-state index is 12.3. The monoisotopic (exact) mass is 306 g/mol. The Morgan fingerprint density at radius 3 is 2.36 bits per heavy atom. The number of anilines is 1. The number of carboxylic acids is 1. The van der Waals surface area contributed by atoms with Crippen LogP contribution in [-0.2, 0) is 9.59 Å². The van der Waals surface area contributed by atoms with Crippen molar-refractivity contribution in [1.29, 1.82) is 0 Å². The van der Waals surface area contributed by atoms with Crippen LogP contribution in [0.5, 0.6) is 5.75 Å². The summed E-state index contributed by atoms with van der Waals surface area (Å²) in [7, 11) is 1.43. The van der Waals surface area contributed by atoms with Gasteiger partial charge in [-0.1, -0.05) is 13.8 Å². The Labute approximate surface area is 127 Å². The topological polar surface area (TPSA) is 119 Å². The van der Waals surface area contributed by atoms with E-state index in [1.54, 1.807) is 13.8 Å². The van der Waals surface area contributed by atoms with Crippen LogP contribution in [0.1, 0.15) is 24.2 Å². The first-order valence-electron chi connectivity index (χ1n) is 6.71. The molecule has 0 unspecified atom stereocenters. The number of carbonyl (C=O) groups excluding carboxylic acids is 2. The molecule has 1 saturated carbocycles. The molecule has 4 N–H and O–H groups in total. The van der Waals surface area contributed by atoms with E-state index in [4.69, 9.17) is 15.6 Å². The molecule has 7 heteroatoms. The molecule has 2 rings (SSSR count). The quantitative estimate of drug-likeness (QED) is 0.752. The summed E-state index contributed by atoms with van der Waals surface area (Å²) in [5.74, 6) is -3.04. The molecule has 0 aliphatic heterocycles. The summed E-state index contributed by atoms with van der Waals surface area (Å²) >= 11 is 0. The summed E-state index contributed by atoms with van der Waals surface area (Å²) in [6.45, 7) is 3.46. The maximum atomic E-state index is 12.3. The highest BCUT2D eigenvalue weighted by atomic mass is 16.5. The molecule has 2 amide bonds. The van der Waals surface area contributed by atoms with Crippen molar-refractivity contribution in [2.24, 2.45) is 23.0 Å². The molecule has 0 radical (unpaired) electrons. The normalized spacial score (nSPS) is 21.8. The number of primary amides is 1. The molecule has 7 nitrogen and oxygen atoms in total. The van der Waals surface area contributed by atoms with Crippen molar-refractivity contribution in [3.63, 3.8) is 0 Å². The number of methoxy groups -OCH3 is 1. The average Bonchev–Trinajstić information content (AvgIpc) is 3.01. The molecule has 0 aromatic heterocycles. The predicted octanol–water partition coefficient (Wildman–Crippen LogP) is 1.09. The summed E-state index contributed by atoms with van der Waals surface area (Å²) in [4.78, 5) is 34.7. The van der Waals surface area contributed by atoms with Crippen molar-refractivity contribution in [1.82, 2.24) is 0 Å². The van der Waals surface area contributed by atoms with Crippen molar-refractivity contribution in [3.05, 3.63) is 23.8 Å². The number of aliphatic carboxylic acids is 1. The highest BCUT2D eigenvalue weighted by Crippen LogP contribution is 2.58. The number of benzene rings is 1. The molecule has 0 spiro atoms. The van der Waals surface area contributed by atoms with Crippen LogP contribution in [0.2, 0.25) is 0 Å². The number of carbonyl (C=O) groups is 3. The fraction of sp³-hybridized carbons (Fsp3) is 0.400. The van der Waals surface area contributed by atoms with Crippen molar-refractivity contribution in [3.8, 4) is 5.75 Å². The smallest absolute Gasteiger partial charge is 0.307 e. The van der Waals surface area contributed by atoms with Gasteiger partial charge in [-0.3, -0.25) is 14.4 Å². The lowest BCUT2D eigenvalue weighted by Crippen LogP contribution is -2.19. The molecule has 2 atom stereocenters. The Kier molecular flexibility index (Phi) is 3.83. The zero-order chi connectivity index (χ0) is 16.7. The van der Waals surface area contributed by atoms with E-state index >= 15 is 0 Å². The number of carboxylic acid groups (broad SMARTS) is 1. The summed E-state index contributed by atoms with van der Waals surface area (Å²) in [5.41, 5.74) is 5.12. The molecule has 0 bridgehead atoms. The van der Waals surface area contributed by atoms with E-state index in [-0.39, 0.29) is 11.3 Å². The van der Waals surface area contributed by atoms with E-state index in [0.717, 1.165) is 0 Å². The molecule has 1 aliphatic rings. The zero-order valence-corrected chi connectivity index (χ0v) is 12.5. The molecular weight excluding hydrogens is 288 g/mol. The minimum absolute atomic E-state index is 0.223. The van der Waals surface area contributed by atoms with Gasteiger partial charge in [-0.2, -0.15) is 0 Å². The summed E-state index contributed by atoms with van der Waals surface area (Å²) in [6.07, 6.45) is 0. The average molecular weight is 306 g/mol. The fourth-order valence-corrected chi connectivity index (χ4v) is 2.76. The Morgan fingerprint density at radius 1 is 1.27 bits per heavy atom. The Morgan fingerprint density at radius 2 is 1.91 bits per heavy atom. The van der Waals surface area contributed by atoms with Crippen LogP contribution in [0.25, 0.3) is 0 Å². The largest absolute Gasteiger partial charge is 0.495 e. The number of rotatable bonds is 5. The van der Waals surface area contributed by atoms with Crippen LogP contribution in [0.3, 0.4) is 0 Å². The van der Waals surface area contributed by atoms with Gasteiger partial charge in [0.15, 0.2) is 0 Å². The Hall–Kier alpha value is -2.57. The van der Waals surface area contributed by atoms with Gasteiger partial charge in [-0.15, -0.1) is 0 Å².